The molecule has 3 heteroatoms. The van der Waals surface area contributed by atoms with E-state index in [0.717, 1.165) is 42.3 Å². The second-order valence-electron chi connectivity index (χ2n) is 6.90. The Morgan fingerprint density at radius 3 is 2.50 bits per heavy atom. The van der Waals surface area contributed by atoms with Gasteiger partial charge in [0.25, 0.3) is 0 Å². The summed E-state index contributed by atoms with van der Waals surface area (Å²) < 4.78 is 0. The Balaban J connectivity index is 1.92. The predicted octanol–water partition coefficient (Wildman–Crippen LogP) is 4.74. The third-order valence-corrected chi connectivity index (χ3v) is 4.80. The van der Waals surface area contributed by atoms with E-state index in [2.05, 4.69) is 73.6 Å². The van der Waals surface area contributed by atoms with Crippen LogP contribution in [0, 0.1) is 13.8 Å². The number of fused-ring (bicyclic) bond motifs is 2. The minimum absolute atomic E-state index is 0.990. The van der Waals surface area contributed by atoms with Gasteiger partial charge in [0.1, 0.15) is 0 Å². The van der Waals surface area contributed by atoms with Crippen molar-refractivity contribution in [3.05, 3.63) is 64.7 Å². The zero-order valence-corrected chi connectivity index (χ0v) is 14.6. The lowest BCUT2D eigenvalue weighted by atomic mass is 9.95. The van der Waals surface area contributed by atoms with E-state index in [-0.39, 0.29) is 0 Å². The summed E-state index contributed by atoms with van der Waals surface area (Å²) >= 11 is 0. The topological polar surface area (TPSA) is 27.6 Å². The standard InChI is InChI=1S/C21H23N3/c1-14-4-6-18-17(12-14)21(16-8-10-24(3)11-9-16)23-20-13-15(2)5-7-19(20)22-18/h4-8,12-13,22H,9-11H2,1-3H3. The fourth-order valence-electron chi connectivity index (χ4n) is 3.36. The second kappa shape index (κ2) is 5.91. The van der Waals surface area contributed by atoms with Gasteiger partial charge in [0, 0.05) is 24.3 Å². The molecule has 4 rings (SSSR count). The van der Waals surface area contributed by atoms with Gasteiger partial charge < -0.3 is 10.2 Å². The van der Waals surface area contributed by atoms with E-state index in [0.29, 0.717) is 0 Å². The average Bonchev–Trinajstić information content (AvgIpc) is 2.72. The highest BCUT2D eigenvalue weighted by atomic mass is 15.1. The Hall–Kier alpha value is -2.39. The first-order chi connectivity index (χ1) is 11.6. The maximum Gasteiger partial charge on any atom is 0.0874 e. The van der Waals surface area contributed by atoms with Crippen molar-refractivity contribution in [2.75, 3.05) is 25.5 Å². The van der Waals surface area contributed by atoms with E-state index in [1.165, 1.54) is 22.3 Å². The highest BCUT2D eigenvalue weighted by Crippen LogP contribution is 2.37. The first-order valence-corrected chi connectivity index (χ1v) is 8.55. The summed E-state index contributed by atoms with van der Waals surface area (Å²) in [6.07, 6.45) is 3.37. The van der Waals surface area contributed by atoms with E-state index in [1.54, 1.807) is 0 Å². The van der Waals surface area contributed by atoms with Crippen LogP contribution in [0.2, 0.25) is 0 Å². The average molecular weight is 317 g/mol. The van der Waals surface area contributed by atoms with Gasteiger partial charge in [-0.25, -0.2) is 4.99 Å². The lowest BCUT2D eigenvalue weighted by Gasteiger charge is -2.23. The van der Waals surface area contributed by atoms with Gasteiger partial charge in [0.2, 0.25) is 0 Å². The Bertz CT molecular complexity index is 861. The number of nitrogens with one attached hydrogen (secondary N) is 1. The fraction of sp³-hybridized carbons (Fsp3) is 0.286. The zero-order valence-electron chi connectivity index (χ0n) is 14.6. The molecule has 2 aromatic rings. The van der Waals surface area contributed by atoms with Crippen LogP contribution in [-0.4, -0.2) is 30.7 Å². The molecule has 0 spiro atoms. The molecular formula is C21H23N3. The molecule has 0 aromatic heterocycles. The summed E-state index contributed by atoms with van der Waals surface area (Å²) in [6, 6.07) is 13.0. The minimum atomic E-state index is 0.990. The monoisotopic (exact) mass is 317 g/mol. The molecule has 0 radical (unpaired) electrons. The van der Waals surface area contributed by atoms with Crippen LogP contribution < -0.4 is 5.32 Å². The first-order valence-electron chi connectivity index (χ1n) is 8.55. The number of nitrogens with zero attached hydrogens (tertiary/aromatic N) is 2. The van der Waals surface area contributed by atoms with Crippen LogP contribution in [0.1, 0.15) is 23.1 Å². The van der Waals surface area contributed by atoms with Crippen molar-refractivity contribution in [3.8, 4) is 0 Å². The van der Waals surface area contributed by atoms with E-state index < -0.39 is 0 Å². The highest BCUT2D eigenvalue weighted by molar-refractivity contribution is 6.18. The zero-order chi connectivity index (χ0) is 16.7. The third-order valence-electron chi connectivity index (χ3n) is 4.80. The van der Waals surface area contributed by atoms with Gasteiger partial charge in [0.05, 0.1) is 17.1 Å². The molecule has 2 aliphatic rings. The van der Waals surface area contributed by atoms with Crippen LogP contribution in [0.4, 0.5) is 17.1 Å². The predicted molar refractivity (Wildman–Crippen MR) is 102 cm³/mol. The van der Waals surface area contributed by atoms with Crippen LogP contribution in [0.5, 0.6) is 0 Å². The van der Waals surface area contributed by atoms with Crippen LogP contribution in [0.3, 0.4) is 0 Å². The molecule has 2 heterocycles. The Morgan fingerprint density at radius 1 is 1.00 bits per heavy atom. The molecule has 0 saturated carbocycles. The number of benzene rings is 2. The molecular weight excluding hydrogens is 294 g/mol. The number of anilines is 2. The molecule has 122 valence electrons. The number of aliphatic imine (C=N–C) groups is 1. The van der Waals surface area contributed by atoms with Crippen molar-refractivity contribution < 1.29 is 0 Å². The van der Waals surface area contributed by atoms with E-state index in [9.17, 15) is 0 Å². The lowest BCUT2D eigenvalue weighted by Crippen LogP contribution is -2.26. The van der Waals surface area contributed by atoms with Crippen molar-refractivity contribution in [1.82, 2.24) is 4.90 Å². The molecule has 2 aromatic carbocycles. The summed E-state index contributed by atoms with van der Waals surface area (Å²) in [7, 11) is 2.17. The summed E-state index contributed by atoms with van der Waals surface area (Å²) in [5, 5.41) is 3.58. The minimum Gasteiger partial charge on any atom is -0.353 e. The molecule has 0 bridgehead atoms. The first kappa shape index (κ1) is 15.2. The smallest absolute Gasteiger partial charge is 0.0874 e. The normalized spacial score (nSPS) is 17.1. The number of aryl methyl sites for hydroxylation is 2. The number of hydrogen-bond donors (Lipinski definition) is 1. The number of hydrogen-bond acceptors (Lipinski definition) is 3. The van der Waals surface area contributed by atoms with Crippen LogP contribution >= 0.6 is 0 Å². The third kappa shape index (κ3) is 2.76. The maximum atomic E-state index is 5.10. The quantitative estimate of drug-likeness (QED) is 0.822. The molecule has 2 aliphatic heterocycles. The maximum absolute atomic E-state index is 5.10. The van der Waals surface area contributed by atoms with Gasteiger partial charge in [-0.1, -0.05) is 23.8 Å². The SMILES string of the molecule is Cc1ccc2c(c1)N=C(C1=CCN(C)CC1)c1cc(C)ccc1N2. The summed E-state index contributed by atoms with van der Waals surface area (Å²) in [5.74, 6) is 0. The highest BCUT2D eigenvalue weighted by Gasteiger charge is 2.21. The fourth-order valence-corrected chi connectivity index (χ4v) is 3.36. The molecule has 0 unspecified atom stereocenters. The van der Waals surface area contributed by atoms with Crippen LogP contribution in [-0.2, 0) is 0 Å². The number of likely N-dealkylation sites (N-methyl/N-ethyl adjacent to an activating group) is 1. The van der Waals surface area contributed by atoms with Gasteiger partial charge in [0.15, 0.2) is 0 Å². The van der Waals surface area contributed by atoms with Crippen molar-refractivity contribution in [1.29, 1.82) is 0 Å². The van der Waals surface area contributed by atoms with Crippen molar-refractivity contribution in [2.24, 2.45) is 4.99 Å². The number of rotatable bonds is 1. The molecule has 0 amide bonds. The van der Waals surface area contributed by atoms with E-state index in [1.807, 2.05) is 0 Å². The molecule has 0 fully saturated rings. The Kier molecular flexibility index (Phi) is 3.73. The van der Waals surface area contributed by atoms with Crippen LogP contribution in [0.15, 0.2) is 53.0 Å². The molecule has 0 aliphatic carbocycles. The largest absolute Gasteiger partial charge is 0.353 e. The van der Waals surface area contributed by atoms with Gasteiger partial charge in [-0.05, 0) is 62.7 Å². The van der Waals surface area contributed by atoms with Gasteiger partial charge in [-0.3, -0.25) is 0 Å². The summed E-state index contributed by atoms with van der Waals surface area (Å²) in [5.41, 5.74) is 9.43. The van der Waals surface area contributed by atoms with Crippen molar-refractivity contribution >= 4 is 22.8 Å². The lowest BCUT2D eigenvalue weighted by molar-refractivity contribution is 0.362. The van der Waals surface area contributed by atoms with E-state index >= 15 is 0 Å². The second-order valence-corrected chi connectivity index (χ2v) is 6.90. The van der Waals surface area contributed by atoms with Crippen LogP contribution in [0.25, 0.3) is 0 Å². The van der Waals surface area contributed by atoms with Gasteiger partial charge in [-0.2, -0.15) is 0 Å². The molecule has 0 atom stereocenters. The summed E-state index contributed by atoms with van der Waals surface area (Å²) in [4.78, 5) is 7.44. The van der Waals surface area contributed by atoms with Gasteiger partial charge in [-0.15, -0.1) is 0 Å². The van der Waals surface area contributed by atoms with Crippen molar-refractivity contribution in [2.45, 2.75) is 20.3 Å². The molecule has 24 heavy (non-hydrogen) atoms. The molecule has 0 saturated heterocycles. The van der Waals surface area contributed by atoms with E-state index in [4.69, 9.17) is 4.99 Å². The Morgan fingerprint density at radius 2 is 1.75 bits per heavy atom. The van der Waals surface area contributed by atoms with Crippen molar-refractivity contribution in [3.63, 3.8) is 0 Å². The molecule has 1 N–H and O–H groups in total. The molecule has 3 nitrogen and oxygen atoms in total. The Labute approximate surface area is 143 Å². The summed E-state index contributed by atoms with van der Waals surface area (Å²) in [6.45, 7) is 6.33. The van der Waals surface area contributed by atoms with Gasteiger partial charge >= 0.3 is 0 Å².